The van der Waals surface area contributed by atoms with Gasteiger partial charge in [-0.15, -0.1) is 0 Å². The smallest absolute Gasteiger partial charge is 0.238 e. The van der Waals surface area contributed by atoms with Gasteiger partial charge in [0.1, 0.15) is 0 Å². The molecule has 58 valence electrons. The average Bonchev–Trinajstić information content (AvgIpc) is 1.99. The summed E-state index contributed by atoms with van der Waals surface area (Å²) in [5, 5.41) is 0. The van der Waals surface area contributed by atoms with E-state index in [9.17, 15) is 9.59 Å². The van der Waals surface area contributed by atoms with E-state index in [0.29, 0.717) is 12.8 Å². The largest absolute Gasteiger partial charge is 0.273 e. The van der Waals surface area contributed by atoms with Gasteiger partial charge in [-0.05, 0) is 0 Å². The standard InChI is InChI=1S/C6H12N2O2/c1-3-5(9)7-8-6(10)4-2/h3-4H2,1-2H3,(H,7,9)(H,8,10). The van der Waals surface area contributed by atoms with Crippen molar-refractivity contribution < 1.29 is 9.59 Å². The van der Waals surface area contributed by atoms with Gasteiger partial charge in [-0.2, -0.15) is 0 Å². The molecule has 0 unspecified atom stereocenters. The van der Waals surface area contributed by atoms with Gasteiger partial charge in [0.25, 0.3) is 0 Å². The third-order valence-electron chi connectivity index (χ3n) is 0.984. The van der Waals surface area contributed by atoms with Gasteiger partial charge in [0, 0.05) is 12.8 Å². The molecule has 0 heterocycles. The third kappa shape index (κ3) is 3.88. The SMILES string of the molecule is CCC(=O)NNC(=O)CC. The number of nitrogens with one attached hydrogen (secondary N) is 2. The second-order valence-electron chi connectivity index (χ2n) is 1.80. The fourth-order valence-corrected chi connectivity index (χ4v) is 0.316. The van der Waals surface area contributed by atoms with Crippen molar-refractivity contribution in [1.82, 2.24) is 10.9 Å². The molecule has 0 spiro atoms. The van der Waals surface area contributed by atoms with Crippen LogP contribution in [0.5, 0.6) is 0 Å². The second-order valence-corrected chi connectivity index (χ2v) is 1.80. The Kier molecular flexibility index (Phi) is 4.28. The lowest BCUT2D eigenvalue weighted by atomic mass is 10.4. The Labute approximate surface area is 60.0 Å². The molecule has 0 bridgehead atoms. The molecule has 2 N–H and O–H groups in total. The van der Waals surface area contributed by atoms with E-state index in [0.717, 1.165) is 0 Å². The van der Waals surface area contributed by atoms with E-state index < -0.39 is 0 Å². The van der Waals surface area contributed by atoms with Crippen LogP contribution in [0.25, 0.3) is 0 Å². The van der Waals surface area contributed by atoms with Crippen LogP contribution in [0.2, 0.25) is 0 Å². The first-order valence-corrected chi connectivity index (χ1v) is 3.28. The Balaban J connectivity index is 3.35. The number of hydrogen-bond acceptors (Lipinski definition) is 2. The van der Waals surface area contributed by atoms with E-state index in [1.54, 1.807) is 13.8 Å². The molecule has 4 heteroatoms. The zero-order valence-electron chi connectivity index (χ0n) is 6.23. The molecule has 0 rings (SSSR count). The molecule has 0 radical (unpaired) electrons. The summed E-state index contributed by atoms with van der Waals surface area (Å²) in [7, 11) is 0. The highest BCUT2D eigenvalue weighted by Crippen LogP contribution is 1.74. The topological polar surface area (TPSA) is 58.2 Å². The molecule has 0 aromatic carbocycles. The molecule has 10 heavy (non-hydrogen) atoms. The number of hydrazine groups is 1. The van der Waals surface area contributed by atoms with Crippen LogP contribution in [0.4, 0.5) is 0 Å². The van der Waals surface area contributed by atoms with Gasteiger partial charge in [0.2, 0.25) is 11.8 Å². The molecule has 0 aromatic rings. The van der Waals surface area contributed by atoms with E-state index in [4.69, 9.17) is 0 Å². The van der Waals surface area contributed by atoms with Gasteiger partial charge < -0.3 is 0 Å². The van der Waals surface area contributed by atoms with Crippen molar-refractivity contribution in [1.29, 1.82) is 0 Å². The van der Waals surface area contributed by atoms with Gasteiger partial charge in [-0.25, -0.2) is 0 Å². The molecular formula is C6H12N2O2. The van der Waals surface area contributed by atoms with E-state index in [1.807, 2.05) is 0 Å². The normalized spacial score (nSPS) is 8.60. The lowest BCUT2D eigenvalue weighted by molar-refractivity contribution is -0.128. The van der Waals surface area contributed by atoms with Crippen molar-refractivity contribution in [2.24, 2.45) is 0 Å². The van der Waals surface area contributed by atoms with Crippen LogP contribution in [0.3, 0.4) is 0 Å². The van der Waals surface area contributed by atoms with Crippen LogP contribution in [0.1, 0.15) is 26.7 Å². The zero-order chi connectivity index (χ0) is 7.98. The maximum Gasteiger partial charge on any atom is 0.238 e. The first-order chi connectivity index (χ1) is 4.70. The van der Waals surface area contributed by atoms with Crippen LogP contribution < -0.4 is 10.9 Å². The van der Waals surface area contributed by atoms with Crippen molar-refractivity contribution in [2.75, 3.05) is 0 Å². The van der Waals surface area contributed by atoms with Crippen LogP contribution in [-0.4, -0.2) is 11.8 Å². The molecule has 0 aliphatic rings. The first-order valence-electron chi connectivity index (χ1n) is 3.28. The van der Waals surface area contributed by atoms with Crippen molar-refractivity contribution in [3.63, 3.8) is 0 Å². The minimum atomic E-state index is -0.179. The molecular weight excluding hydrogens is 132 g/mol. The summed E-state index contributed by atoms with van der Waals surface area (Å²) >= 11 is 0. The fraction of sp³-hybridized carbons (Fsp3) is 0.667. The molecule has 0 aliphatic heterocycles. The highest BCUT2D eigenvalue weighted by atomic mass is 16.2. The molecule has 2 amide bonds. The van der Waals surface area contributed by atoms with E-state index in [1.165, 1.54) is 0 Å². The quantitative estimate of drug-likeness (QED) is 0.534. The van der Waals surface area contributed by atoms with Crippen LogP contribution in [0, 0.1) is 0 Å². The van der Waals surface area contributed by atoms with E-state index >= 15 is 0 Å². The molecule has 0 saturated heterocycles. The lowest BCUT2D eigenvalue weighted by Gasteiger charge is -2.02. The Morgan fingerprint density at radius 2 is 1.30 bits per heavy atom. The third-order valence-corrected chi connectivity index (χ3v) is 0.984. The van der Waals surface area contributed by atoms with Crippen molar-refractivity contribution >= 4 is 11.8 Å². The van der Waals surface area contributed by atoms with Gasteiger partial charge in [-0.1, -0.05) is 13.8 Å². The molecule has 0 saturated carbocycles. The summed E-state index contributed by atoms with van der Waals surface area (Å²) in [6.07, 6.45) is 0.758. The maximum atomic E-state index is 10.5. The van der Waals surface area contributed by atoms with Crippen molar-refractivity contribution in [2.45, 2.75) is 26.7 Å². The molecule has 0 fully saturated rings. The van der Waals surface area contributed by atoms with E-state index in [-0.39, 0.29) is 11.8 Å². The summed E-state index contributed by atoms with van der Waals surface area (Å²) in [5.41, 5.74) is 4.49. The minimum absolute atomic E-state index is 0.179. The summed E-state index contributed by atoms with van der Waals surface area (Å²) < 4.78 is 0. The minimum Gasteiger partial charge on any atom is -0.273 e. The summed E-state index contributed by atoms with van der Waals surface area (Å²) in [6, 6.07) is 0. The predicted molar refractivity (Wildman–Crippen MR) is 36.9 cm³/mol. The molecule has 0 aliphatic carbocycles. The van der Waals surface area contributed by atoms with Gasteiger partial charge in [0.15, 0.2) is 0 Å². The van der Waals surface area contributed by atoms with Gasteiger partial charge >= 0.3 is 0 Å². The number of hydrogen-bond donors (Lipinski definition) is 2. The van der Waals surface area contributed by atoms with Crippen molar-refractivity contribution in [3.05, 3.63) is 0 Å². The molecule has 0 atom stereocenters. The number of rotatable bonds is 2. The first kappa shape index (κ1) is 8.94. The molecule has 4 nitrogen and oxygen atoms in total. The Hall–Kier alpha value is -1.06. The zero-order valence-corrected chi connectivity index (χ0v) is 6.23. The highest BCUT2D eigenvalue weighted by Gasteiger charge is 1.97. The lowest BCUT2D eigenvalue weighted by Crippen LogP contribution is -2.40. The van der Waals surface area contributed by atoms with Gasteiger partial charge in [0.05, 0.1) is 0 Å². The van der Waals surface area contributed by atoms with Crippen LogP contribution in [-0.2, 0) is 9.59 Å². The highest BCUT2D eigenvalue weighted by molar-refractivity contribution is 5.81. The average molecular weight is 144 g/mol. The Bertz CT molecular complexity index is 118. The van der Waals surface area contributed by atoms with Crippen LogP contribution in [0.15, 0.2) is 0 Å². The second kappa shape index (κ2) is 4.78. The summed E-state index contributed by atoms with van der Waals surface area (Å²) in [5.74, 6) is -0.358. The Morgan fingerprint density at radius 3 is 1.50 bits per heavy atom. The monoisotopic (exact) mass is 144 g/mol. The predicted octanol–water partition coefficient (Wildman–Crippen LogP) is -0.0462. The summed E-state index contributed by atoms with van der Waals surface area (Å²) in [6.45, 7) is 3.43. The summed E-state index contributed by atoms with van der Waals surface area (Å²) in [4.78, 5) is 21.0. The number of carbonyl (C=O) groups is 2. The van der Waals surface area contributed by atoms with Crippen molar-refractivity contribution in [3.8, 4) is 0 Å². The fourth-order valence-electron chi connectivity index (χ4n) is 0.316. The van der Waals surface area contributed by atoms with Crippen LogP contribution >= 0.6 is 0 Å². The van der Waals surface area contributed by atoms with E-state index in [2.05, 4.69) is 10.9 Å². The maximum absolute atomic E-state index is 10.5. The number of amides is 2. The number of carbonyl (C=O) groups excluding carboxylic acids is 2. The van der Waals surface area contributed by atoms with Gasteiger partial charge in [-0.3, -0.25) is 20.4 Å². The molecule has 0 aromatic heterocycles. The Morgan fingerprint density at radius 1 is 1.00 bits per heavy atom.